The highest BCUT2D eigenvalue weighted by Crippen LogP contribution is 2.53. The molecule has 0 heteroatoms. The van der Waals surface area contributed by atoms with E-state index in [2.05, 4.69) is 45.1 Å². The summed E-state index contributed by atoms with van der Waals surface area (Å²) in [6.07, 6.45) is 18.4. The largest absolute Gasteiger partial charge is 0.0808 e. The monoisotopic (exact) mass is 272 g/mol. The zero-order valence-electron chi connectivity index (χ0n) is 13.6. The van der Waals surface area contributed by atoms with Crippen LogP contribution in [0.2, 0.25) is 0 Å². The van der Waals surface area contributed by atoms with Crippen LogP contribution in [0.15, 0.2) is 24.3 Å². The fourth-order valence-electron chi connectivity index (χ4n) is 5.75. The van der Waals surface area contributed by atoms with Gasteiger partial charge in [0, 0.05) is 0 Å². The maximum Gasteiger partial charge on any atom is -0.0136 e. The predicted molar refractivity (Wildman–Crippen MR) is 87.4 cm³/mol. The number of hydrogen-bond donors (Lipinski definition) is 0. The van der Waals surface area contributed by atoms with Crippen LogP contribution in [0.25, 0.3) is 0 Å². The first-order chi connectivity index (χ1) is 9.74. The Labute approximate surface area is 125 Å². The van der Waals surface area contributed by atoms with E-state index >= 15 is 0 Å². The lowest BCUT2D eigenvalue weighted by Crippen LogP contribution is -2.34. The summed E-state index contributed by atoms with van der Waals surface area (Å²) in [7, 11) is 0. The van der Waals surface area contributed by atoms with Gasteiger partial charge in [0.25, 0.3) is 0 Å². The molecule has 0 saturated heterocycles. The van der Waals surface area contributed by atoms with Crippen LogP contribution in [0.4, 0.5) is 0 Å². The van der Waals surface area contributed by atoms with Gasteiger partial charge >= 0.3 is 0 Å². The molecule has 0 amide bonds. The molecule has 0 bridgehead atoms. The fourth-order valence-corrected chi connectivity index (χ4v) is 5.75. The molecule has 0 nitrogen and oxygen atoms in total. The van der Waals surface area contributed by atoms with Crippen molar-refractivity contribution >= 4 is 0 Å². The summed E-state index contributed by atoms with van der Waals surface area (Å²) in [4.78, 5) is 0. The van der Waals surface area contributed by atoms with Crippen molar-refractivity contribution in [2.75, 3.05) is 0 Å². The molecule has 0 aromatic heterocycles. The van der Waals surface area contributed by atoms with Gasteiger partial charge in [0.05, 0.1) is 0 Å². The second-order valence-electron chi connectivity index (χ2n) is 7.73. The van der Waals surface area contributed by atoms with E-state index in [1.165, 1.54) is 38.5 Å². The molecule has 20 heavy (non-hydrogen) atoms. The van der Waals surface area contributed by atoms with E-state index in [-0.39, 0.29) is 0 Å². The van der Waals surface area contributed by atoms with Crippen molar-refractivity contribution in [3.63, 3.8) is 0 Å². The third-order valence-corrected chi connectivity index (χ3v) is 6.73. The van der Waals surface area contributed by atoms with Crippen molar-refractivity contribution in [1.82, 2.24) is 0 Å². The van der Waals surface area contributed by atoms with Crippen molar-refractivity contribution in [2.45, 2.75) is 59.3 Å². The summed E-state index contributed by atoms with van der Waals surface area (Å²) >= 11 is 0. The molecule has 0 aromatic rings. The highest BCUT2D eigenvalue weighted by atomic mass is 14.5. The van der Waals surface area contributed by atoms with E-state index in [4.69, 9.17) is 0 Å². The minimum absolute atomic E-state index is 0.829. The van der Waals surface area contributed by atoms with E-state index in [1.54, 1.807) is 0 Å². The Morgan fingerprint density at radius 2 is 1.70 bits per heavy atom. The normalized spacial score (nSPS) is 47.5. The Hall–Kier alpha value is -0.520. The highest BCUT2D eigenvalue weighted by molar-refractivity contribution is 5.17. The molecule has 0 aromatic carbocycles. The summed E-state index contributed by atoms with van der Waals surface area (Å²) < 4.78 is 0. The Balaban J connectivity index is 1.93. The molecule has 112 valence electrons. The molecule has 2 fully saturated rings. The Morgan fingerprint density at radius 3 is 2.45 bits per heavy atom. The molecule has 0 radical (unpaired) electrons. The number of fused-ring (bicyclic) bond motifs is 2. The van der Waals surface area contributed by atoms with Gasteiger partial charge in [-0.25, -0.2) is 0 Å². The second-order valence-corrected chi connectivity index (χ2v) is 7.73. The molecule has 7 unspecified atom stereocenters. The lowest BCUT2D eigenvalue weighted by molar-refractivity contribution is 0.0794. The Morgan fingerprint density at radius 1 is 0.900 bits per heavy atom. The maximum atomic E-state index is 2.55. The second kappa shape index (κ2) is 6.08. The molecular formula is C20H32. The van der Waals surface area contributed by atoms with Crippen molar-refractivity contribution in [1.29, 1.82) is 0 Å². The van der Waals surface area contributed by atoms with Gasteiger partial charge in [0.15, 0.2) is 0 Å². The Kier molecular flexibility index (Phi) is 4.38. The smallest absolute Gasteiger partial charge is 0.0136 e. The number of allylic oxidation sites excluding steroid dienone is 4. The van der Waals surface area contributed by atoms with Gasteiger partial charge in [-0.2, -0.15) is 0 Å². The summed E-state index contributed by atoms with van der Waals surface area (Å²) in [5.41, 5.74) is 0. The van der Waals surface area contributed by atoms with Gasteiger partial charge in [0.1, 0.15) is 0 Å². The van der Waals surface area contributed by atoms with Crippen molar-refractivity contribution in [3.8, 4) is 0 Å². The van der Waals surface area contributed by atoms with Crippen LogP contribution < -0.4 is 0 Å². The van der Waals surface area contributed by atoms with Gasteiger partial charge in [0.2, 0.25) is 0 Å². The number of hydrogen-bond acceptors (Lipinski definition) is 0. The van der Waals surface area contributed by atoms with Crippen molar-refractivity contribution < 1.29 is 0 Å². The molecule has 0 spiro atoms. The van der Waals surface area contributed by atoms with Crippen LogP contribution in [0.3, 0.4) is 0 Å². The molecule has 3 aliphatic rings. The van der Waals surface area contributed by atoms with E-state index in [0.29, 0.717) is 0 Å². The van der Waals surface area contributed by atoms with Crippen LogP contribution in [-0.4, -0.2) is 0 Å². The van der Waals surface area contributed by atoms with Gasteiger partial charge in [-0.1, -0.05) is 64.3 Å². The van der Waals surface area contributed by atoms with Crippen LogP contribution in [-0.2, 0) is 0 Å². The van der Waals surface area contributed by atoms with E-state index < -0.39 is 0 Å². The SMILES string of the molecule is CCC1CC2C=CC=CC2C(CC)C2CC(C)CCC12. The van der Waals surface area contributed by atoms with Gasteiger partial charge < -0.3 is 0 Å². The molecule has 3 aliphatic carbocycles. The molecule has 0 heterocycles. The number of rotatable bonds is 2. The predicted octanol–water partition coefficient (Wildman–Crippen LogP) is 5.85. The standard InChI is InChI=1S/C20H32/c1-4-15-13-16-8-6-7-9-18(16)17(5-2)20-12-14(3)10-11-19(15)20/h6-9,14-20H,4-5,10-13H2,1-3H3. The average Bonchev–Trinajstić information content (AvgIpc) is 2.60. The van der Waals surface area contributed by atoms with E-state index in [9.17, 15) is 0 Å². The molecular weight excluding hydrogens is 240 g/mol. The lowest BCUT2D eigenvalue weighted by Gasteiger charge is -2.42. The van der Waals surface area contributed by atoms with E-state index in [1.807, 2.05) is 0 Å². The van der Waals surface area contributed by atoms with Crippen LogP contribution >= 0.6 is 0 Å². The highest BCUT2D eigenvalue weighted by Gasteiger charge is 2.44. The van der Waals surface area contributed by atoms with Gasteiger partial charge in [-0.15, -0.1) is 0 Å². The lowest BCUT2D eigenvalue weighted by atomic mass is 9.63. The van der Waals surface area contributed by atoms with Crippen molar-refractivity contribution in [3.05, 3.63) is 24.3 Å². The molecule has 3 rings (SSSR count). The maximum absolute atomic E-state index is 2.55. The summed E-state index contributed by atoms with van der Waals surface area (Å²) in [6.45, 7) is 7.36. The van der Waals surface area contributed by atoms with Crippen LogP contribution in [0, 0.1) is 41.4 Å². The fraction of sp³-hybridized carbons (Fsp3) is 0.800. The summed E-state index contributed by atoms with van der Waals surface area (Å²) in [5, 5.41) is 0. The first-order valence-electron chi connectivity index (χ1n) is 9.09. The summed E-state index contributed by atoms with van der Waals surface area (Å²) in [6, 6.07) is 0. The first kappa shape index (κ1) is 14.4. The average molecular weight is 272 g/mol. The minimum Gasteiger partial charge on any atom is -0.0808 e. The molecule has 0 N–H and O–H groups in total. The third-order valence-electron chi connectivity index (χ3n) is 6.73. The summed E-state index contributed by atoms with van der Waals surface area (Å²) in [5.74, 6) is 6.56. The molecule has 2 saturated carbocycles. The van der Waals surface area contributed by atoms with Gasteiger partial charge in [-0.3, -0.25) is 0 Å². The van der Waals surface area contributed by atoms with E-state index in [0.717, 1.165) is 41.4 Å². The van der Waals surface area contributed by atoms with Gasteiger partial charge in [-0.05, 0) is 60.7 Å². The van der Waals surface area contributed by atoms with Crippen LogP contribution in [0.1, 0.15) is 59.3 Å². The quantitative estimate of drug-likeness (QED) is 0.591. The zero-order chi connectivity index (χ0) is 14.1. The minimum atomic E-state index is 0.829. The first-order valence-corrected chi connectivity index (χ1v) is 9.09. The Bertz CT molecular complexity index is 377. The molecule has 7 atom stereocenters. The molecule has 0 aliphatic heterocycles. The third kappa shape index (κ3) is 2.51. The van der Waals surface area contributed by atoms with Crippen LogP contribution in [0.5, 0.6) is 0 Å². The van der Waals surface area contributed by atoms with Crippen molar-refractivity contribution in [2.24, 2.45) is 41.4 Å². The topological polar surface area (TPSA) is 0 Å². The zero-order valence-corrected chi connectivity index (χ0v) is 13.6.